The summed E-state index contributed by atoms with van der Waals surface area (Å²) >= 11 is 0. The second-order valence-corrected chi connectivity index (χ2v) is 6.02. The van der Waals surface area contributed by atoms with Crippen molar-refractivity contribution < 1.29 is 8.42 Å². The average molecular weight is 281 g/mol. The normalized spacial score (nSPS) is 11.6. The van der Waals surface area contributed by atoms with E-state index in [1.807, 2.05) is 31.2 Å². The lowest BCUT2D eigenvalue weighted by Crippen LogP contribution is -2.27. The number of hydrogen-bond acceptors (Lipinski definition) is 5. The number of benzene rings is 1. The number of hydrogen-bond donors (Lipinski definition) is 2. The molecule has 0 spiro atoms. The lowest BCUT2D eigenvalue weighted by Gasteiger charge is -2.06. The summed E-state index contributed by atoms with van der Waals surface area (Å²) in [5.41, 5.74) is 1.86. The topological polar surface area (TPSA) is 101 Å². The van der Waals surface area contributed by atoms with Crippen LogP contribution in [0.4, 0.5) is 0 Å². The molecule has 0 fully saturated rings. The van der Waals surface area contributed by atoms with Crippen LogP contribution in [0.2, 0.25) is 0 Å². The fourth-order valence-corrected chi connectivity index (χ4v) is 2.71. The lowest BCUT2D eigenvalue weighted by molar-refractivity contribution is 0.580. The van der Waals surface area contributed by atoms with Crippen molar-refractivity contribution in [3.63, 3.8) is 0 Å². The molecule has 0 aliphatic heterocycles. The molecule has 1 aromatic heterocycles. The first kappa shape index (κ1) is 13.6. The summed E-state index contributed by atoms with van der Waals surface area (Å²) in [7, 11) is -3.34. The van der Waals surface area contributed by atoms with Gasteiger partial charge in [-0.3, -0.25) is 0 Å². The first-order valence-electron chi connectivity index (χ1n) is 5.80. The number of nitrogens with zero attached hydrogens (tertiary/aromatic N) is 3. The molecule has 2 N–H and O–H groups in total. The number of sulfonamides is 1. The van der Waals surface area contributed by atoms with Gasteiger partial charge in [0, 0.05) is 13.0 Å². The molecule has 19 heavy (non-hydrogen) atoms. The summed E-state index contributed by atoms with van der Waals surface area (Å²) in [5, 5.41) is 13.2. The molecular formula is C11H15N5O2S. The molecule has 0 bridgehead atoms. The average Bonchev–Trinajstić information content (AvgIpc) is 2.85. The van der Waals surface area contributed by atoms with Gasteiger partial charge in [-0.25, -0.2) is 13.1 Å². The molecule has 8 heteroatoms. The number of tetrazole rings is 1. The van der Waals surface area contributed by atoms with Crippen LogP contribution in [0.3, 0.4) is 0 Å². The van der Waals surface area contributed by atoms with Gasteiger partial charge in [-0.05, 0) is 12.5 Å². The van der Waals surface area contributed by atoms with E-state index in [-0.39, 0.29) is 12.3 Å². The van der Waals surface area contributed by atoms with Crippen LogP contribution in [-0.4, -0.2) is 35.6 Å². The van der Waals surface area contributed by atoms with Crippen molar-refractivity contribution >= 4 is 10.0 Å². The quantitative estimate of drug-likeness (QED) is 0.786. The molecule has 0 unspecified atom stereocenters. The maximum absolute atomic E-state index is 11.8. The molecule has 0 aliphatic carbocycles. The van der Waals surface area contributed by atoms with Crippen LogP contribution in [0, 0.1) is 6.92 Å². The van der Waals surface area contributed by atoms with Gasteiger partial charge >= 0.3 is 0 Å². The molecular weight excluding hydrogens is 266 g/mol. The highest BCUT2D eigenvalue weighted by Crippen LogP contribution is 2.06. The van der Waals surface area contributed by atoms with Gasteiger partial charge in [-0.15, -0.1) is 10.2 Å². The van der Waals surface area contributed by atoms with Gasteiger partial charge in [0.1, 0.15) is 0 Å². The smallest absolute Gasteiger partial charge is 0.214 e. The first-order chi connectivity index (χ1) is 9.05. The molecule has 0 saturated carbocycles. The van der Waals surface area contributed by atoms with E-state index in [0.717, 1.165) is 11.1 Å². The van der Waals surface area contributed by atoms with Gasteiger partial charge in [0.05, 0.1) is 5.75 Å². The predicted molar refractivity (Wildman–Crippen MR) is 69.7 cm³/mol. The molecule has 0 saturated heterocycles. The summed E-state index contributed by atoms with van der Waals surface area (Å²) in [6.45, 7) is 2.22. The van der Waals surface area contributed by atoms with Crippen molar-refractivity contribution in [3.05, 3.63) is 41.2 Å². The Kier molecular flexibility index (Phi) is 4.23. The lowest BCUT2D eigenvalue weighted by atomic mass is 10.2. The summed E-state index contributed by atoms with van der Waals surface area (Å²) in [6, 6.07) is 7.41. The summed E-state index contributed by atoms with van der Waals surface area (Å²) in [5.74, 6) is 0.456. The highest BCUT2D eigenvalue weighted by molar-refractivity contribution is 7.88. The fraction of sp³-hybridized carbons (Fsp3) is 0.364. The third kappa shape index (κ3) is 4.42. The van der Waals surface area contributed by atoms with Crippen LogP contribution in [-0.2, 0) is 22.2 Å². The van der Waals surface area contributed by atoms with Crippen LogP contribution in [0.1, 0.15) is 17.0 Å². The third-order valence-corrected chi connectivity index (χ3v) is 3.89. The van der Waals surface area contributed by atoms with Crippen molar-refractivity contribution in [2.24, 2.45) is 0 Å². The summed E-state index contributed by atoms with van der Waals surface area (Å²) in [6.07, 6.45) is 0.406. The van der Waals surface area contributed by atoms with E-state index in [2.05, 4.69) is 25.3 Å². The number of nitrogens with one attached hydrogen (secondary N) is 2. The highest BCUT2D eigenvalue weighted by Gasteiger charge is 2.11. The zero-order valence-corrected chi connectivity index (χ0v) is 11.3. The Morgan fingerprint density at radius 2 is 2.00 bits per heavy atom. The van der Waals surface area contributed by atoms with Crippen molar-refractivity contribution in [2.45, 2.75) is 19.1 Å². The van der Waals surface area contributed by atoms with Crippen LogP contribution in [0.15, 0.2) is 24.3 Å². The Balaban J connectivity index is 1.86. The predicted octanol–water partition coefficient (Wildman–Crippen LogP) is 0.170. The van der Waals surface area contributed by atoms with Crippen LogP contribution in [0.25, 0.3) is 0 Å². The number of rotatable bonds is 6. The van der Waals surface area contributed by atoms with E-state index < -0.39 is 10.0 Å². The zero-order chi connectivity index (χ0) is 13.7. The first-order valence-corrected chi connectivity index (χ1v) is 7.45. The number of aryl methyl sites for hydroxylation is 1. The fourth-order valence-electron chi connectivity index (χ4n) is 1.56. The number of aromatic nitrogens is 4. The number of H-pyrrole nitrogens is 1. The van der Waals surface area contributed by atoms with Gasteiger partial charge in [-0.2, -0.15) is 5.21 Å². The Bertz CT molecular complexity index is 607. The molecule has 2 rings (SSSR count). The summed E-state index contributed by atoms with van der Waals surface area (Å²) in [4.78, 5) is 0. The Labute approximate surface area is 111 Å². The van der Waals surface area contributed by atoms with Gasteiger partial charge in [0.2, 0.25) is 10.0 Å². The molecule has 102 valence electrons. The van der Waals surface area contributed by atoms with Crippen molar-refractivity contribution in [1.82, 2.24) is 25.3 Å². The van der Waals surface area contributed by atoms with Crippen molar-refractivity contribution in [1.29, 1.82) is 0 Å². The minimum absolute atomic E-state index is 0.0282. The molecule has 1 heterocycles. The van der Waals surface area contributed by atoms with Gasteiger partial charge in [0.15, 0.2) is 5.82 Å². The molecule has 0 radical (unpaired) electrons. The standard InChI is InChI=1S/C11H15N5O2S/c1-9-2-4-10(5-3-9)8-19(17,18)12-7-6-11-13-15-16-14-11/h2-5,12H,6-8H2,1H3,(H,13,14,15,16). The number of aromatic amines is 1. The van der Waals surface area contributed by atoms with E-state index in [1.54, 1.807) is 0 Å². The second-order valence-electron chi connectivity index (χ2n) is 4.22. The van der Waals surface area contributed by atoms with Gasteiger partial charge in [0.25, 0.3) is 0 Å². The van der Waals surface area contributed by atoms with Crippen LogP contribution >= 0.6 is 0 Å². The molecule has 0 amide bonds. The molecule has 0 atom stereocenters. The molecule has 0 aliphatic rings. The van der Waals surface area contributed by atoms with Gasteiger partial charge < -0.3 is 0 Å². The maximum atomic E-state index is 11.8. The van der Waals surface area contributed by atoms with Gasteiger partial charge in [-0.1, -0.05) is 35.0 Å². The highest BCUT2D eigenvalue weighted by atomic mass is 32.2. The molecule has 1 aromatic carbocycles. The minimum Gasteiger partial charge on any atom is -0.214 e. The van der Waals surface area contributed by atoms with Crippen molar-refractivity contribution in [3.8, 4) is 0 Å². The van der Waals surface area contributed by atoms with Crippen LogP contribution < -0.4 is 4.72 Å². The third-order valence-electron chi connectivity index (χ3n) is 2.54. The van der Waals surface area contributed by atoms with E-state index in [9.17, 15) is 8.42 Å². The largest absolute Gasteiger partial charge is 0.215 e. The second kappa shape index (κ2) is 5.89. The summed E-state index contributed by atoms with van der Waals surface area (Å²) < 4.78 is 26.2. The minimum atomic E-state index is -3.34. The molecule has 2 aromatic rings. The van der Waals surface area contributed by atoms with E-state index in [4.69, 9.17) is 0 Å². The zero-order valence-electron chi connectivity index (χ0n) is 10.5. The Morgan fingerprint density at radius 3 is 2.63 bits per heavy atom. The van der Waals surface area contributed by atoms with E-state index in [1.165, 1.54) is 0 Å². The van der Waals surface area contributed by atoms with E-state index >= 15 is 0 Å². The molecule has 7 nitrogen and oxygen atoms in total. The monoisotopic (exact) mass is 281 g/mol. The van der Waals surface area contributed by atoms with E-state index in [0.29, 0.717) is 12.2 Å². The Hall–Kier alpha value is -1.80. The van der Waals surface area contributed by atoms with Crippen molar-refractivity contribution in [2.75, 3.05) is 6.54 Å². The maximum Gasteiger partial charge on any atom is 0.215 e. The SMILES string of the molecule is Cc1ccc(CS(=O)(=O)NCCc2nn[nH]n2)cc1. The Morgan fingerprint density at radius 1 is 1.26 bits per heavy atom. The van der Waals surface area contributed by atoms with Crippen LogP contribution in [0.5, 0.6) is 0 Å².